The molecule has 2 nitrogen and oxygen atoms in total. The fourth-order valence-electron chi connectivity index (χ4n) is 1.51. The number of hydrogen-bond donors (Lipinski definition) is 1. The minimum Gasteiger partial charge on any atom is -0.506 e. The SMILES string of the molecule is Cc1cc(O)c2nccc(C)c2c1.[Al]. The highest BCUT2D eigenvalue weighted by molar-refractivity contribution is 5.87. The van der Waals surface area contributed by atoms with Crippen molar-refractivity contribution in [2.45, 2.75) is 13.8 Å². The molecule has 1 aromatic heterocycles. The summed E-state index contributed by atoms with van der Waals surface area (Å²) in [4.78, 5) is 4.13. The Kier molecular flexibility index (Phi) is 3.15. The maximum absolute atomic E-state index is 9.61. The number of aromatic nitrogens is 1. The van der Waals surface area contributed by atoms with Gasteiger partial charge in [-0.15, -0.1) is 0 Å². The summed E-state index contributed by atoms with van der Waals surface area (Å²) in [5.74, 6) is 0.263. The molecular formula is C11H11AlNO. The smallest absolute Gasteiger partial charge is 0.142 e. The molecule has 3 radical (unpaired) electrons. The molecule has 0 saturated carbocycles. The molecule has 3 heteroatoms. The lowest BCUT2D eigenvalue weighted by Crippen LogP contribution is -1.84. The van der Waals surface area contributed by atoms with Crippen LogP contribution in [0.1, 0.15) is 11.1 Å². The molecule has 0 aliphatic heterocycles. The van der Waals surface area contributed by atoms with Gasteiger partial charge < -0.3 is 5.11 Å². The molecule has 1 N–H and O–H groups in total. The molecule has 1 heterocycles. The van der Waals surface area contributed by atoms with Gasteiger partial charge in [0.25, 0.3) is 0 Å². The highest BCUT2D eigenvalue weighted by Gasteiger charge is 2.03. The first-order chi connectivity index (χ1) is 6.18. The monoisotopic (exact) mass is 200 g/mol. The molecule has 1 aromatic carbocycles. The van der Waals surface area contributed by atoms with Crippen LogP contribution in [-0.2, 0) is 0 Å². The molecule has 0 bridgehead atoms. The number of rotatable bonds is 0. The average Bonchev–Trinajstić information content (AvgIpc) is 2.07. The van der Waals surface area contributed by atoms with E-state index in [1.54, 1.807) is 12.3 Å². The number of benzene rings is 1. The van der Waals surface area contributed by atoms with Gasteiger partial charge in [-0.3, -0.25) is 4.98 Å². The molecule has 14 heavy (non-hydrogen) atoms. The Balaban J connectivity index is 0.000000980. The first-order valence-electron chi connectivity index (χ1n) is 4.23. The molecule has 2 aromatic rings. The highest BCUT2D eigenvalue weighted by Crippen LogP contribution is 2.26. The largest absolute Gasteiger partial charge is 0.506 e. The third kappa shape index (κ3) is 1.75. The van der Waals surface area contributed by atoms with E-state index in [0.29, 0.717) is 5.52 Å². The number of fused-ring (bicyclic) bond motifs is 1. The van der Waals surface area contributed by atoms with Crippen molar-refractivity contribution in [1.29, 1.82) is 0 Å². The van der Waals surface area contributed by atoms with Crippen LogP contribution in [0.15, 0.2) is 24.4 Å². The van der Waals surface area contributed by atoms with Crippen LogP contribution < -0.4 is 0 Å². The van der Waals surface area contributed by atoms with Crippen molar-refractivity contribution in [2.24, 2.45) is 0 Å². The number of phenolic OH excluding ortho intramolecular Hbond substituents is 1. The number of pyridine rings is 1. The summed E-state index contributed by atoms with van der Waals surface area (Å²) < 4.78 is 0. The second-order valence-electron chi connectivity index (χ2n) is 3.31. The predicted molar refractivity (Wildman–Crippen MR) is 58.6 cm³/mol. The van der Waals surface area contributed by atoms with Crippen molar-refractivity contribution in [2.75, 3.05) is 0 Å². The first kappa shape index (κ1) is 11.0. The number of aromatic hydroxyl groups is 1. The molecule has 0 aliphatic carbocycles. The zero-order valence-corrected chi connectivity index (χ0v) is 9.44. The van der Waals surface area contributed by atoms with Crippen LogP contribution in [0.3, 0.4) is 0 Å². The Bertz CT molecular complexity index is 468. The maximum atomic E-state index is 9.61. The lowest BCUT2D eigenvalue weighted by molar-refractivity contribution is 0.480. The summed E-state index contributed by atoms with van der Waals surface area (Å²) in [7, 11) is 0. The van der Waals surface area contributed by atoms with Crippen molar-refractivity contribution in [3.63, 3.8) is 0 Å². The van der Waals surface area contributed by atoms with E-state index in [2.05, 4.69) is 4.98 Å². The minimum atomic E-state index is 0. The van der Waals surface area contributed by atoms with E-state index in [-0.39, 0.29) is 23.1 Å². The van der Waals surface area contributed by atoms with Gasteiger partial charge in [-0.05, 0) is 43.2 Å². The van der Waals surface area contributed by atoms with Gasteiger partial charge in [-0.25, -0.2) is 0 Å². The summed E-state index contributed by atoms with van der Waals surface area (Å²) in [6, 6.07) is 5.72. The maximum Gasteiger partial charge on any atom is 0.142 e. The van der Waals surface area contributed by atoms with Gasteiger partial charge in [0.1, 0.15) is 11.3 Å². The van der Waals surface area contributed by atoms with Crippen LogP contribution >= 0.6 is 0 Å². The standard InChI is InChI=1S/C11H11NO.Al/c1-7-5-9-8(2)3-4-12-11(9)10(13)6-7;/h3-6,13H,1-2H3;. The molecule has 0 unspecified atom stereocenters. The molecule has 2 rings (SSSR count). The van der Waals surface area contributed by atoms with Crippen molar-refractivity contribution in [3.05, 3.63) is 35.5 Å². The first-order valence-corrected chi connectivity index (χ1v) is 4.23. The van der Waals surface area contributed by atoms with E-state index in [1.807, 2.05) is 26.0 Å². The highest BCUT2D eigenvalue weighted by atomic mass is 27.0. The second-order valence-corrected chi connectivity index (χ2v) is 3.31. The van der Waals surface area contributed by atoms with Crippen LogP contribution in [0, 0.1) is 13.8 Å². The van der Waals surface area contributed by atoms with Gasteiger partial charge >= 0.3 is 0 Å². The Hall–Kier alpha value is -1.04. The Morgan fingerprint density at radius 2 is 1.93 bits per heavy atom. The van der Waals surface area contributed by atoms with E-state index < -0.39 is 0 Å². The van der Waals surface area contributed by atoms with Crippen molar-refractivity contribution < 1.29 is 5.11 Å². The fraction of sp³-hybridized carbons (Fsp3) is 0.182. The van der Waals surface area contributed by atoms with E-state index in [0.717, 1.165) is 16.5 Å². The molecule has 69 valence electrons. The van der Waals surface area contributed by atoms with Crippen LogP contribution in [0.4, 0.5) is 0 Å². The van der Waals surface area contributed by atoms with Gasteiger partial charge in [-0.1, -0.05) is 0 Å². The third-order valence-electron chi connectivity index (χ3n) is 2.19. The molecule has 0 amide bonds. The van der Waals surface area contributed by atoms with Gasteiger partial charge in [-0.2, -0.15) is 0 Å². The number of nitrogens with zero attached hydrogens (tertiary/aromatic N) is 1. The summed E-state index contributed by atoms with van der Waals surface area (Å²) >= 11 is 0. The zero-order valence-electron chi connectivity index (χ0n) is 8.28. The van der Waals surface area contributed by atoms with Crippen LogP contribution in [0.25, 0.3) is 10.9 Å². The van der Waals surface area contributed by atoms with Gasteiger partial charge in [0.05, 0.1) is 0 Å². The molecule has 0 saturated heterocycles. The number of hydrogen-bond acceptors (Lipinski definition) is 2. The molecule has 0 atom stereocenters. The lowest BCUT2D eigenvalue weighted by Gasteiger charge is -2.04. The second kappa shape index (κ2) is 4.00. The fourth-order valence-corrected chi connectivity index (χ4v) is 1.51. The van der Waals surface area contributed by atoms with Gasteiger partial charge in [0, 0.05) is 28.9 Å². The Morgan fingerprint density at radius 3 is 2.64 bits per heavy atom. The van der Waals surface area contributed by atoms with Gasteiger partial charge in [0.2, 0.25) is 0 Å². The predicted octanol–water partition coefficient (Wildman–Crippen LogP) is 2.18. The van der Waals surface area contributed by atoms with E-state index in [4.69, 9.17) is 0 Å². The Labute approximate surface area is 93.7 Å². The number of phenols is 1. The molecular weight excluding hydrogens is 189 g/mol. The van der Waals surface area contributed by atoms with Crippen LogP contribution in [-0.4, -0.2) is 27.5 Å². The van der Waals surface area contributed by atoms with Crippen molar-refractivity contribution in [3.8, 4) is 5.75 Å². The molecule has 0 aliphatic rings. The number of aryl methyl sites for hydroxylation is 2. The average molecular weight is 200 g/mol. The minimum absolute atomic E-state index is 0. The molecule has 0 fully saturated rings. The Morgan fingerprint density at radius 1 is 1.21 bits per heavy atom. The van der Waals surface area contributed by atoms with Gasteiger partial charge in [0.15, 0.2) is 0 Å². The summed E-state index contributed by atoms with van der Waals surface area (Å²) in [6.07, 6.45) is 1.72. The third-order valence-corrected chi connectivity index (χ3v) is 2.19. The quantitative estimate of drug-likeness (QED) is 0.661. The van der Waals surface area contributed by atoms with Crippen molar-refractivity contribution >= 4 is 28.3 Å². The van der Waals surface area contributed by atoms with Crippen LogP contribution in [0.5, 0.6) is 5.75 Å². The lowest BCUT2D eigenvalue weighted by atomic mass is 10.1. The van der Waals surface area contributed by atoms with Crippen molar-refractivity contribution in [1.82, 2.24) is 4.98 Å². The molecule has 0 spiro atoms. The normalized spacial score (nSPS) is 9.86. The zero-order chi connectivity index (χ0) is 9.42. The summed E-state index contributed by atoms with van der Waals surface area (Å²) in [5.41, 5.74) is 2.88. The summed E-state index contributed by atoms with van der Waals surface area (Å²) in [5, 5.41) is 10.6. The summed E-state index contributed by atoms with van der Waals surface area (Å²) in [6.45, 7) is 3.98. The van der Waals surface area contributed by atoms with E-state index in [1.165, 1.54) is 0 Å². The topological polar surface area (TPSA) is 33.1 Å². The van der Waals surface area contributed by atoms with Crippen LogP contribution in [0.2, 0.25) is 0 Å². The van der Waals surface area contributed by atoms with E-state index >= 15 is 0 Å². The van der Waals surface area contributed by atoms with E-state index in [9.17, 15) is 5.11 Å².